The number of rotatable bonds is 3. The Morgan fingerprint density at radius 2 is 1.87 bits per heavy atom. The van der Waals surface area contributed by atoms with Crippen molar-refractivity contribution in [1.29, 1.82) is 0 Å². The second kappa shape index (κ2) is 4.66. The van der Waals surface area contributed by atoms with Gasteiger partial charge in [0.25, 0.3) is 0 Å². The SMILES string of the molecule is CC(CN)Cc1ccccc1C(F)(F)F. The second-order valence-electron chi connectivity index (χ2n) is 3.70. The molecule has 1 unspecified atom stereocenters. The number of halogens is 3. The van der Waals surface area contributed by atoms with Gasteiger partial charge in [-0.1, -0.05) is 25.1 Å². The first-order chi connectivity index (χ1) is 6.95. The van der Waals surface area contributed by atoms with Gasteiger partial charge >= 0.3 is 6.18 Å². The summed E-state index contributed by atoms with van der Waals surface area (Å²) in [5.74, 6) is 0.0634. The number of hydrogen-bond acceptors (Lipinski definition) is 1. The summed E-state index contributed by atoms with van der Waals surface area (Å²) < 4.78 is 37.7. The highest BCUT2D eigenvalue weighted by molar-refractivity contribution is 5.29. The van der Waals surface area contributed by atoms with Crippen LogP contribution >= 0.6 is 0 Å². The van der Waals surface area contributed by atoms with E-state index in [0.29, 0.717) is 18.5 Å². The minimum absolute atomic E-state index is 0.0634. The second-order valence-corrected chi connectivity index (χ2v) is 3.70. The third kappa shape index (κ3) is 3.23. The molecule has 0 fully saturated rings. The lowest BCUT2D eigenvalue weighted by Crippen LogP contribution is -2.16. The molecule has 15 heavy (non-hydrogen) atoms. The van der Waals surface area contributed by atoms with Gasteiger partial charge < -0.3 is 5.73 Å². The molecular weight excluding hydrogens is 203 g/mol. The van der Waals surface area contributed by atoms with Crippen molar-refractivity contribution in [3.8, 4) is 0 Å². The molecule has 0 spiro atoms. The lowest BCUT2D eigenvalue weighted by atomic mass is 9.97. The van der Waals surface area contributed by atoms with Crippen molar-refractivity contribution in [2.24, 2.45) is 11.7 Å². The summed E-state index contributed by atoms with van der Waals surface area (Å²) in [6.07, 6.45) is -3.91. The summed E-state index contributed by atoms with van der Waals surface area (Å²) in [5.41, 5.74) is 5.17. The van der Waals surface area contributed by atoms with Gasteiger partial charge in [0.2, 0.25) is 0 Å². The van der Waals surface area contributed by atoms with Crippen molar-refractivity contribution < 1.29 is 13.2 Å². The van der Waals surface area contributed by atoms with Crippen LogP contribution in [0.2, 0.25) is 0 Å². The van der Waals surface area contributed by atoms with E-state index in [9.17, 15) is 13.2 Å². The topological polar surface area (TPSA) is 26.0 Å². The predicted octanol–water partition coefficient (Wildman–Crippen LogP) is 2.84. The molecular formula is C11H14F3N. The Labute approximate surface area is 87.1 Å². The highest BCUT2D eigenvalue weighted by Gasteiger charge is 2.32. The zero-order chi connectivity index (χ0) is 11.5. The number of alkyl halides is 3. The third-order valence-electron chi connectivity index (χ3n) is 2.29. The van der Waals surface area contributed by atoms with E-state index >= 15 is 0 Å². The van der Waals surface area contributed by atoms with Crippen LogP contribution in [-0.4, -0.2) is 6.54 Å². The average Bonchev–Trinajstić information content (AvgIpc) is 2.17. The maximum absolute atomic E-state index is 12.6. The smallest absolute Gasteiger partial charge is 0.330 e. The van der Waals surface area contributed by atoms with Crippen LogP contribution in [0.3, 0.4) is 0 Å². The molecule has 2 N–H and O–H groups in total. The van der Waals surface area contributed by atoms with E-state index in [1.807, 2.05) is 6.92 Å². The Morgan fingerprint density at radius 3 is 2.40 bits per heavy atom. The molecule has 0 amide bonds. The minimum Gasteiger partial charge on any atom is -0.330 e. The molecule has 0 aliphatic carbocycles. The monoisotopic (exact) mass is 217 g/mol. The summed E-state index contributed by atoms with van der Waals surface area (Å²) >= 11 is 0. The van der Waals surface area contributed by atoms with Crippen molar-refractivity contribution in [2.45, 2.75) is 19.5 Å². The first-order valence-electron chi connectivity index (χ1n) is 4.80. The fourth-order valence-electron chi connectivity index (χ4n) is 1.43. The normalized spacial score (nSPS) is 13.9. The number of hydrogen-bond donors (Lipinski definition) is 1. The lowest BCUT2D eigenvalue weighted by molar-refractivity contribution is -0.138. The summed E-state index contributed by atoms with van der Waals surface area (Å²) in [6, 6.07) is 5.64. The van der Waals surface area contributed by atoms with Crippen molar-refractivity contribution >= 4 is 0 Å². The van der Waals surface area contributed by atoms with Gasteiger partial charge in [-0.05, 0) is 30.5 Å². The van der Waals surface area contributed by atoms with Crippen LogP contribution in [0, 0.1) is 5.92 Å². The zero-order valence-corrected chi connectivity index (χ0v) is 8.51. The quantitative estimate of drug-likeness (QED) is 0.827. The molecule has 0 aliphatic rings. The Balaban J connectivity index is 2.97. The van der Waals surface area contributed by atoms with Crippen LogP contribution in [-0.2, 0) is 12.6 Å². The fourth-order valence-corrected chi connectivity index (χ4v) is 1.43. The van der Waals surface area contributed by atoms with Gasteiger partial charge in [0, 0.05) is 0 Å². The molecule has 84 valence electrons. The molecule has 1 nitrogen and oxygen atoms in total. The molecule has 1 aromatic carbocycles. The summed E-state index contributed by atoms with van der Waals surface area (Å²) in [6.45, 7) is 2.24. The van der Waals surface area contributed by atoms with Crippen LogP contribution in [0.5, 0.6) is 0 Å². The van der Waals surface area contributed by atoms with Crippen LogP contribution in [0.25, 0.3) is 0 Å². The van der Waals surface area contributed by atoms with Gasteiger partial charge in [0.15, 0.2) is 0 Å². The standard InChI is InChI=1S/C11H14F3N/c1-8(7-15)6-9-4-2-3-5-10(9)11(12,13)14/h2-5,8H,6-7,15H2,1H3. The molecule has 1 atom stereocenters. The molecule has 0 saturated heterocycles. The van der Waals surface area contributed by atoms with Crippen molar-refractivity contribution in [3.05, 3.63) is 35.4 Å². The number of nitrogens with two attached hydrogens (primary N) is 1. The molecule has 0 radical (unpaired) electrons. The highest BCUT2D eigenvalue weighted by atomic mass is 19.4. The van der Waals surface area contributed by atoms with E-state index in [4.69, 9.17) is 5.73 Å². The Morgan fingerprint density at radius 1 is 1.27 bits per heavy atom. The van der Waals surface area contributed by atoms with Crippen molar-refractivity contribution in [2.75, 3.05) is 6.54 Å². The largest absolute Gasteiger partial charge is 0.416 e. The van der Waals surface area contributed by atoms with Crippen molar-refractivity contribution in [1.82, 2.24) is 0 Å². The van der Waals surface area contributed by atoms with Gasteiger partial charge in [0.1, 0.15) is 0 Å². The van der Waals surface area contributed by atoms with E-state index in [2.05, 4.69) is 0 Å². The van der Waals surface area contributed by atoms with Crippen LogP contribution in [0.15, 0.2) is 24.3 Å². The van der Waals surface area contributed by atoms with Gasteiger partial charge in [0.05, 0.1) is 5.56 Å². The highest BCUT2D eigenvalue weighted by Crippen LogP contribution is 2.32. The molecule has 1 aromatic rings. The molecule has 0 aliphatic heterocycles. The van der Waals surface area contributed by atoms with Crippen LogP contribution in [0.4, 0.5) is 13.2 Å². The molecule has 0 saturated carbocycles. The third-order valence-corrected chi connectivity index (χ3v) is 2.29. The minimum atomic E-state index is -4.27. The molecule has 0 aromatic heterocycles. The number of benzene rings is 1. The van der Waals surface area contributed by atoms with E-state index in [1.165, 1.54) is 12.1 Å². The van der Waals surface area contributed by atoms with E-state index in [0.717, 1.165) is 6.07 Å². The van der Waals surface area contributed by atoms with E-state index < -0.39 is 11.7 Å². The Kier molecular flexibility index (Phi) is 3.74. The maximum Gasteiger partial charge on any atom is 0.416 e. The zero-order valence-electron chi connectivity index (χ0n) is 8.51. The van der Waals surface area contributed by atoms with Crippen molar-refractivity contribution in [3.63, 3.8) is 0 Å². The average molecular weight is 217 g/mol. The summed E-state index contributed by atoms with van der Waals surface area (Å²) in [7, 11) is 0. The summed E-state index contributed by atoms with van der Waals surface area (Å²) in [5, 5.41) is 0. The van der Waals surface area contributed by atoms with E-state index in [-0.39, 0.29) is 5.92 Å². The first-order valence-corrected chi connectivity index (χ1v) is 4.80. The first kappa shape index (κ1) is 12.0. The van der Waals surface area contributed by atoms with Gasteiger partial charge in [-0.15, -0.1) is 0 Å². The van der Waals surface area contributed by atoms with Gasteiger partial charge in [-0.2, -0.15) is 13.2 Å². The van der Waals surface area contributed by atoms with Gasteiger partial charge in [-0.25, -0.2) is 0 Å². The van der Waals surface area contributed by atoms with E-state index in [1.54, 1.807) is 6.07 Å². The molecule has 1 rings (SSSR count). The molecule has 0 heterocycles. The Hall–Kier alpha value is -1.03. The maximum atomic E-state index is 12.6. The van der Waals surface area contributed by atoms with Gasteiger partial charge in [-0.3, -0.25) is 0 Å². The Bertz CT molecular complexity index is 320. The van der Waals surface area contributed by atoms with Crippen LogP contribution < -0.4 is 5.73 Å². The summed E-state index contributed by atoms with van der Waals surface area (Å²) in [4.78, 5) is 0. The molecule has 0 bridgehead atoms. The fraction of sp³-hybridized carbons (Fsp3) is 0.455. The molecule has 4 heteroatoms. The van der Waals surface area contributed by atoms with Crippen LogP contribution in [0.1, 0.15) is 18.1 Å². The lowest BCUT2D eigenvalue weighted by Gasteiger charge is -2.15. The predicted molar refractivity (Wildman–Crippen MR) is 53.4 cm³/mol.